The third-order valence-electron chi connectivity index (χ3n) is 5.75. The van der Waals surface area contributed by atoms with Gasteiger partial charge in [-0.1, -0.05) is 49.2 Å². The van der Waals surface area contributed by atoms with E-state index in [-0.39, 0.29) is 17.7 Å². The monoisotopic (exact) mass is 460 g/mol. The summed E-state index contributed by atoms with van der Waals surface area (Å²) in [6.07, 6.45) is 5.48. The largest absolute Gasteiger partial charge is 0.417 e. The van der Waals surface area contributed by atoms with Gasteiger partial charge in [-0.15, -0.1) is 10.2 Å². The van der Waals surface area contributed by atoms with Crippen molar-refractivity contribution in [1.29, 1.82) is 0 Å². The number of aromatic amines is 1. The van der Waals surface area contributed by atoms with Gasteiger partial charge in [-0.2, -0.15) is 0 Å². The van der Waals surface area contributed by atoms with E-state index in [1.165, 1.54) is 5.39 Å². The molecule has 0 aliphatic carbocycles. The van der Waals surface area contributed by atoms with Gasteiger partial charge in [0.25, 0.3) is 0 Å². The van der Waals surface area contributed by atoms with E-state index < -0.39 is 5.91 Å². The first-order valence-electron chi connectivity index (χ1n) is 11.4. The fraction of sp³-hybridized carbons (Fsp3) is 0.320. The Morgan fingerprint density at radius 3 is 2.68 bits per heavy atom. The summed E-state index contributed by atoms with van der Waals surface area (Å²) in [5.41, 5.74) is 7.19. The molecule has 0 spiro atoms. The second-order valence-electron chi connectivity index (χ2n) is 8.34. The van der Waals surface area contributed by atoms with Gasteiger partial charge in [0.15, 0.2) is 0 Å². The Morgan fingerprint density at radius 1 is 1.09 bits per heavy atom. The Balaban J connectivity index is 1.47. The predicted octanol–water partition coefficient (Wildman–Crippen LogP) is 3.87. The van der Waals surface area contributed by atoms with Crippen LogP contribution in [0.1, 0.15) is 60.4 Å². The first-order chi connectivity index (χ1) is 16.5. The molecule has 0 saturated heterocycles. The number of benzene rings is 2. The van der Waals surface area contributed by atoms with Gasteiger partial charge in [-0.3, -0.25) is 9.59 Å². The smallest absolute Gasteiger partial charge is 0.308 e. The molecule has 2 heterocycles. The second-order valence-corrected chi connectivity index (χ2v) is 8.34. The molecular formula is C25H28N6O3. The van der Waals surface area contributed by atoms with E-state index in [0.717, 1.165) is 48.2 Å². The van der Waals surface area contributed by atoms with Crippen molar-refractivity contribution in [3.8, 4) is 11.3 Å². The zero-order valence-electron chi connectivity index (χ0n) is 19.1. The van der Waals surface area contributed by atoms with E-state index in [1.54, 1.807) is 6.92 Å². The SMILES string of the molecule is Cc1nnc(C(=O)NCC(CCCCCC(N)=O)c2ncc(-c3ccc4ccccc4c3)[nH]2)o1. The van der Waals surface area contributed by atoms with Gasteiger partial charge in [0, 0.05) is 31.4 Å². The molecule has 2 amide bonds. The lowest BCUT2D eigenvalue weighted by Crippen LogP contribution is -2.29. The number of aryl methyl sites for hydroxylation is 1. The number of amides is 2. The number of rotatable bonds is 11. The quantitative estimate of drug-likeness (QED) is 0.290. The van der Waals surface area contributed by atoms with Gasteiger partial charge in [-0.05, 0) is 29.7 Å². The molecule has 176 valence electrons. The Bertz CT molecular complexity index is 1280. The highest BCUT2D eigenvalue weighted by molar-refractivity contribution is 5.89. The third-order valence-corrected chi connectivity index (χ3v) is 5.75. The number of nitrogens with zero attached hydrogens (tertiary/aromatic N) is 3. The molecule has 0 aliphatic rings. The number of unbranched alkanes of at least 4 members (excludes halogenated alkanes) is 2. The molecular weight excluding hydrogens is 432 g/mol. The molecule has 9 heteroatoms. The number of carbonyl (C=O) groups excluding carboxylic acids is 2. The minimum atomic E-state index is -0.416. The van der Waals surface area contributed by atoms with Gasteiger partial charge in [0.1, 0.15) is 5.82 Å². The Hall–Kier alpha value is -4.01. The van der Waals surface area contributed by atoms with Crippen LogP contribution < -0.4 is 11.1 Å². The highest BCUT2D eigenvalue weighted by atomic mass is 16.4. The van der Waals surface area contributed by atoms with Gasteiger partial charge in [0.2, 0.25) is 11.8 Å². The average molecular weight is 461 g/mol. The number of fused-ring (bicyclic) bond motifs is 1. The lowest BCUT2D eigenvalue weighted by atomic mass is 9.99. The summed E-state index contributed by atoms with van der Waals surface area (Å²) in [6, 6.07) is 14.5. The highest BCUT2D eigenvalue weighted by Crippen LogP contribution is 2.26. The fourth-order valence-electron chi connectivity index (χ4n) is 3.93. The zero-order valence-corrected chi connectivity index (χ0v) is 19.1. The Kier molecular flexibility index (Phi) is 7.31. The van der Waals surface area contributed by atoms with Crippen LogP contribution in [-0.2, 0) is 4.79 Å². The molecule has 0 fully saturated rings. The van der Waals surface area contributed by atoms with E-state index in [1.807, 2.05) is 18.3 Å². The van der Waals surface area contributed by atoms with Crippen molar-refractivity contribution < 1.29 is 14.0 Å². The zero-order chi connectivity index (χ0) is 23.9. The number of nitrogens with two attached hydrogens (primary N) is 1. The van der Waals surface area contributed by atoms with Crippen LogP contribution in [0.15, 0.2) is 53.1 Å². The number of imidazole rings is 1. The van der Waals surface area contributed by atoms with Crippen molar-refractivity contribution in [2.45, 2.75) is 44.9 Å². The minimum absolute atomic E-state index is 0.0456. The molecule has 4 N–H and O–H groups in total. The van der Waals surface area contributed by atoms with Gasteiger partial charge >= 0.3 is 11.8 Å². The van der Waals surface area contributed by atoms with E-state index in [9.17, 15) is 9.59 Å². The first kappa shape index (κ1) is 23.2. The number of H-pyrrole nitrogens is 1. The maximum absolute atomic E-state index is 12.4. The summed E-state index contributed by atoms with van der Waals surface area (Å²) >= 11 is 0. The molecule has 1 unspecified atom stereocenters. The van der Waals surface area contributed by atoms with Crippen molar-refractivity contribution in [3.05, 3.63) is 66.3 Å². The minimum Gasteiger partial charge on any atom is -0.417 e. The molecule has 0 bridgehead atoms. The molecule has 4 aromatic rings. The van der Waals surface area contributed by atoms with Crippen molar-refractivity contribution in [2.75, 3.05) is 6.54 Å². The molecule has 2 aromatic carbocycles. The molecule has 9 nitrogen and oxygen atoms in total. The van der Waals surface area contributed by atoms with Crippen LogP contribution in [0.25, 0.3) is 22.0 Å². The van der Waals surface area contributed by atoms with E-state index >= 15 is 0 Å². The molecule has 0 saturated carbocycles. The maximum Gasteiger partial charge on any atom is 0.308 e. The number of hydrogen-bond donors (Lipinski definition) is 3. The van der Waals surface area contributed by atoms with Crippen LogP contribution >= 0.6 is 0 Å². The molecule has 1 atom stereocenters. The lowest BCUT2D eigenvalue weighted by molar-refractivity contribution is -0.118. The van der Waals surface area contributed by atoms with Crippen LogP contribution in [0.3, 0.4) is 0 Å². The predicted molar refractivity (Wildman–Crippen MR) is 128 cm³/mol. The molecule has 4 rings (SSSR count). The number of carbonyl (C=O) groups is 2. The van der Waals surface area contributed by atoms with E-state index in [4.69, 9.17) is 10.2 Å². The summed E-state index contributed by atoms with van der Waals surface area (Å²) in [6.45, 7) is 2.00. The summed E-state index contributed by atoms with van der Waals surface area (Å²) < 4.78 is 5.21. The van der Waals surface area contributed by atoms with Crippen molar-refractivity contribution in [2.24, 2.45) is 5.73 Å². The highest BCUT2D eigenvalue weighted by Gasteiger charge is 2.20. The second kappa shape index (κ2) is 10.7. The molecule has 0 aliphatic heterocycles. The molecule has 2 aromatic heterocycles. The van der Waals surface area contributed by atoms with Gasteiger partial charge in [-0.25, -0.2) is 4.98 Å². The summed E-state index contributed by atoms with van der Waals surface area (Å²) in [5.74, 6) is 0.317. The summed E-state index contributed by atoms with van der Waals surface area (Å²) in [4.78, 5) is 31.5. The van der Waals surface area contributed by atoms with Crippen molar-refractivity contribution >= 4 is 22.6 Å². The number of nitrogens with one attached hydrogen (secondary N) is 2. The van der Waals surface area contributed by atoms with E-state index in [0.29, 0.717) is 18.9 Å². The van der Waals surface area contributed by atoms with Crippen LogP contribution in [0.4, 0.5) is 0 Å². The van der Waals surface area contributed by atoms with E-state index in [2.05, 4.69) is 55.8 Å². The first-order valence-corrected chi connectivity index (χ1v) is 11.4. The Morgan fingerprint density at radius 2 is 1.91 bits per heavy atom. The fourth-order valence-corrected chi connectivity index (χ4v) is 3.93. The van der Waals surface area contributed by atoms with Crippen LogP contribution in [0.2, 0.25) is 0 Å². The standard InChI is InChI=1S/C25H28N6O3/c1-16-30-31-25(34-16)24(33)28-14-20(9-3-2-4-10-22(26)32)23-27-15-21(29-23)19-12-11-17-7-5-6-8-18(17)13-19/h5-8,11-13,15,20H,2-4,9-10,14H2,1H3,(H2,26,32)(H,27,29)(H,28,33). The number of aromatic nitrogens is 4. The molecule has 34 heavy (non-hydrogen) atoms. The van der Waals surface area contributed by atoms with Crippen LogP contribution in [-0.4, -0.2) is 38.5 Å². The van der Waals surface area contributed by atoms with Gasteiger partial charge in [0.05, 0.1) is 11.9 Å². The molecule has 0 radical (unpaired) electrons. The lowest BCUT2D eigenvalue weighted by Gasteiger charge is -2.15. The normalized spacial score (nSPS) is 12.0. The Labute approximate surface area is 197 Å². The van der Waals surface area contributed by atoms with Crippen LogP contribution in [0.5, 0.6) is 0 Å². The third kappa shape index (κ3) is 5.86. The van der Waals surface area contributed by atoms with Crippen LogP contribution in [0, 0.1) is 6.92 Å². The number of hydrogen-bond acceptors (Lipinski definition) is 6. The maximum atomic E-state index is 12.4. The van der Waals surface area contributed by atoms with Crippen molar-refractivity contribution in [3.63, 3.8) is 0 Å². The van der Waals surface area contributed by atoms with Gasteiger partial charge < -0.3 is 20.5 Å². The number of primary amides is 1. The topological polar surface area (TPSA) is 140 Å². The van der Waals surface area contributed by atoms with Crippen molar-refractivity contribution in [1.82, 2.24) is 25.5 Å². The average Bonchev–Trinajstić information content (AvgIpc) is 3.50. The summed E-state index contributed by atoms with van der Waals surface area (Å²) in [5, 5.41) is 12.7. The summed E-state index contributed by atoms with van der Waals surface area (Å²) in [7, 11) is 0.